The van der Waals surface area contributed by atoms with Crippen LogP contribution in [0.1, 0.15) is 41.3 Å². The molecule has 1 aromatic rings. The second kappa shape index (κ2) is 7.75. The summed E-state index contributed by atoms with van der Waals surface area (Å²) in [5.41, 5.74) is 1.07. The smallest absolute Gasteiger partial charge is 0.317 e. The summed E-state index contributed by atoms with van der Waals surface area (Å²) in [6, 6.07) is 0.197. The van der Waals surface area contributed by atoms with Crippen LogP contribution in [-0.2, 0) is 6.42 Å². The number of carbonyl (C=O) groups excluding carboxylic acids is 1. The standard InChI is InChI=1S/C15H25N3O2S/c1-11-14(21-12(2)17-11)6-8-16-15(20)18-9-4-3-5-13(18)7-10-19/h13,19H,3-10H2,1-2H3,(H,16,20). The van der Waals surface area contributed by atoms with Crippen LogP contribution in [0.5, 0.6) is 0 Å². The van der Waals surface area contributed by atoms with Gasteiger partial charge in [0, 0.05) is 37.0 Å². The molecule has 5 nitrogen and oxygen atoms in total. The number of thiazole rings is 1. The quantitative estimate of drug-likeness (QED) is 0.876. The van der Waals surface area contributed by atoms with Gasteiger partial charge in [0.15, 0.2) is 0 Å². The van der Waals surface area contributed by atoms with Gasteiger partial charge >= 0.3 is 6.03 Å². The van der Waals surface area contributed by atoms with Crippen molar-refractivity contribution in [2.75, 3.05) is 19.7 Å². The fourth-order valence-electron chi connectivity index (χ4n) is 2.91. The topological polar surface area (TPSA) is 65.5 Å². The maximum atomic E-state index is 12.3. The molecule has 0 aromatic carbocycles. The number of carbonyl (C=O) groups is 1. The van der Waals surface area contributed by atoms with Crippen LogP contribution in [0.25, 0.3) is 0 Å². The van der Waals surface area contributed by atoms with Gasteiger partial charge in [0.25, 0.3) is 0 Å². The van der Waals surface area contributed by atoms with Crippen molar-refractivity contribution < 1.29 is 9.90 Å². The molecule has 1 fully saturated rings. The number of hydrogen-bond acceptors (Lipinski definition) is 4. The van der Waals surface area contributed by atoms with Crippen LogP contribution in [0.4, 0.5) is 4.79 Å². The van der Waals surface area contributed by atoms with Crippen LogP contribution in [0.2, 0.25) is 0 Å². The summed E-state index contributed by atoms with van der Waals surface area (Å²) >= 11 is 1.70. The van der Waals surface area contributed by atoms with Crippen molar-refractivity contribution in [1.29, 1.82) is 0 Å². The zero-order chi connectivity index (χ0) is 15.2. The van der Waals surface area contributed by atoms with Gasteiger partial charge in [-0.25, -0.2) is 9.78 Å². The monoisotopic (exact) mass is 311 g/mol. The van der Waals surface area contributed by atoms with Crippen LogP contribution in [0.3, 0.4) is 0 Å². The fourth-order valence-corrected chi connectivity index (χ4v) is 3.84. The van der Waals surface area contributed by atoms with Crippen molar-refractivity contribution in [3.8, 4) is 0 Å². The number of piperidine rings is 1. The van der Waals surface area contributed by atoms with Gasteiger partial charge in [-0.05, 0) is 39.5 Å². The minimum Gasteiger partial charge on any atom is -0.396 e. The molecule has 0 saturated carbocycles. The molecule has 118 valence electrons. The largest absolute Gasteiger partial charge is 0.396 e. The number of aliphatic hydroxyl groups excluding tert-OH is 1. The maximum Gasteiger partial charge on any atom is 0.317 e. The number of rotatable bonds is 5. The first-order chi connectivity index (χ1) is 10.1. The summed E-state index contributed by atoms with van der Waals surface area (Å²) in [6.07, 6.45) is 4.72. The average molecular weight is 311 g/mol. The fraction of sp³-hybridized carbons (Fsp3) is 0.733. The Kier molecular flexibility index (Phi) is 5.99. The Bertz CT molecular complexity index is 473. The number of nitrogens with zero attached hydrogens (tertiary/aromatic N) is 2. The Labute approximate surface area is 130 Å². The van der Waals surface area contributed by atoms with Gasteiger partial charge in [-0.15, -0.1) is 11.3 Å². The lowest BCUT2D eigenvalue weighted by Gasteiger charge is -2.35. The highest BCUT2D eigenvalue weighted by molar-refractivity contribution is 7.11. The Morgan fingerprint density at radius 1 is 1.48 bits per heavy atom. The predicted octanol–water partition coefficient (Wildman–Crippen LogP) is 2.25. The number of aryl methyl sites for hydroxylation is 2. The Balaban J connectivity index is 1.81. The number of likely N-dealkylation sites (tertiary alicyclic amines) is 1. The van der Waals surface area contributed by atoms with E-state index in [9.17, 15) is 4.79 Å². The average Bonchev–Trinajstić information content (AvgIpc) is 2.78. The Morgan fingerprint density at radius 2 is 2.29 bits per heavy atom. The highest BCUT2D eigenvalue weighted by Gasteiger charge is 2.25. The van der Waals surface area contributed by atoms with Gasteiger partial charge < -0.3 is 15.3 Å². The second-order valence-corrected chi connectivity index (χ2v) is 6.87. The van der Waals surface area contributed by atoms with E-state index < -0.39 is 0 Å². The molecule has 1 aliphatic heterocycles. The van der Waals surface area contributed by atoms with Crippen LogP contribution in [0, 0.1) is 13.8 Å². The lowest BCUT2D eigenvalue weighted by molar-refractivity contribution is 0.132. The Morgan fingerprint density at radius 3 is 2.95 bits per heavy atom. The van der Waals surface area contributed by atoms with Crippen molar-refractivity contribution in [3.05, 3.63) is 15.6 Å². The molecule has 21 heavy (non-hydrogen) atoms. The van der Waals surface area contributed by atoms with Crippen LogP contribution < -0.4 is 5.32 Å². The first-order valence-corrected chi connectivity index (χ1v) is 8.51. The van der Waals surface area contributed by atoms with E-state index in [1.165, 1.54) is 4.88 Å². The molecular weight excluding hydrogens is 286 g/mol. The molecule has 2 N–H and O–H groups in total. The molecule has 6 heteroatoms. The number of hydrogen-bond donors (Lipinski definition) is 2. The molecule has 1 aliphatic rings. The summed E-state index contributed by atoms with van der Waals surface area (Å²) in [7, 11) is 0. The van der Waals surface area contributed by atoms with Crippen molar-refractivity contribution >= 4 is 17.4 Å². The lowest BCUT2D eigenvalue weighted by Crippen LogP contribution is -2.49. The van der Waals surface area contributed by atoms with Crippen molar-refractivity contribution in [2.45, 2.75) is 52.0 Å². The summed E-state index contributed by atoms with van der Waals surface area (Å²) < 4.78 is 0. The molecular formula is C15H25N3O2S. The third kappa shape index (κ3) is 4.41. The summed E-state index contributed by atoms with van der Waals surface area (Å²) in [6.45, 7) is 5.61. The molecule has 1 unspecified atom stereocenters. The summed E-state index contributed by atoms with van der Waals surface area (Å²) in [5.74, 6) is 0. The van der Waals surface area contributed by atoms with Gasteiger partial charge in [0.05, 0.1) is 10.7 Å². The molecule has 0 spiro atoms. The third-order valence-corrected chi connectivity index (χ3v) is 5.11. The molecule has 2 heterocycles. The SMILES string of the molecule is Cc1nc(C)c(CCNC(=O)N2CCCCC2CCO)s1. The first-order valence-electron chi connectivity index (χ1n) is 7.70. The second-order valence-electron chi connectivity index (χ2n) is 5.58. The van der Waals surface area contributed by atoms with Gasteiger partial charge in [-0.1, -0.05) is 0 Å². The van der Waals surface area contributed by atoms with E-state index in [4.69, 9.17) is 5.11 Å². The Hall–Kier alpha value is -1.14. The molecule has 0 radical (unpaired) electrons. The van der Waals surface area contributed by atoms with E-state index in [-0.39, 0.29) is 18.7 Å². The van der Waals surface area contributed by atoms with E-state index in [0.29, 0.717) is 13.0 Å². The summed E-state index contributed by atoms with van der Waals surface area (Å²) in [4.78, 5) is 19.8. The first kappa shape index (κ1) is 16.2. The van der Waals surface area contributed by atoms with E-state index in [1.807, 2.05) is 18.7 Å². The highest BCUT2D eigenvalue weighted by Crippen LogP contribution is 2.20. The zero-order valence-electron chi connectivity index (χ0n) is 12.9. The van der Waals surface area contributed by atoms with Crippen LogP contribution in [-0.4, -0.2) is 46.8 Å². The maximum absolute atomic E-state index is 12.3. The normalized spacial score (nSPS) is 18.8. The minimum atomic E-state index is 0.00652. The number of aliphatic hydroxyl groups is 1. The number of urea groups is 1. The van der Waals surface area contributed by atoms with Gasteiger partial charge in [-0.3, -0.25) is 0 Å². The lowest BCUT2D eigenvalue weighted by atomic mass is 10.0. The summed E-state index contributed by atoms with van der Waals surface area (Å²) in [5, 5.41) is 13.2. The van der Waals surface area contributed by atoms with Gasteiger partial charge in [0.1, 0.15) is 0 Å². The van der Waals surface area contributed by atoms with Crippen molar-refractivity contribution in [2.24, 2.45) is 0 Å². The number of aromatic nitrogens is 1. The highest BCUT2D eigenvalue weighted by atomic mass is 32.1. The molecule has 0 bridgehead atoms. The zero-order valence-corrected chi connectivity index (χ0v) is 13.7. The molecule has 1 saturated heterocycles. The third-order valence-electron chi connectivity index (χ3n) is 3.98. The number of amides is 2. The van der Waals surface area contributed by atoms with Crippen molar-refractivity contribution in [3.63, 3.8) is 0 Å². The molecule has 2 amide bonds. The van der Waals surface area contributed by atoms with E-state index in [2.05, 4.69) is 10.3 Å². The predicted molar refractivity (Wildman–Crippen MR) is 84.7 cm³/mol. The van der Waals surface area contributed by atoms with Crippen molar-refractivity contribution in [1.82, 2.24) is 15.2 Å². The van der Waals surface area contributed by atoms with E-state index in [0.717, 1.165) is 42.9 Å². The van der Waals surface area contributed by atoms with Gasteiger partial charge in [-0.2, -0.15) is 0 Å². The van der Waals surface area contributed by atoms with Crippen LogP contribution in [0.15, 0.2) is 0 Å². The molecule has 1 aromatic heterocycles. The molecule has 1 atom stereocenters. The van der Waals surface area contributed by atoms with E-state index >= 15 is 0 Å². The van der Waals surface area contributed by atoms with Gasteiger partial charge in [0.2, 0.25) is 0 Å². The van der Waals surface area contributed by atoms with E-state index in [1.54, 1.807) is 11.3 Å². The minimum absolute atomic E-state index is 0.00652. The van der Waals surface area contributed by atoms with Crippen LogP contribution >= 0.6 is 11.3 Å². The molecule has 2 rings (SSSR count). The number of nitrogens with one attached hydrogen (secondary N) is 1. The molecule has 0 aliphatic carbocycles.